The van der Waals surface area contributed by atoms with Crippen LogP contribution in [0, 0.1) is 28.6 Å². The molecule has 0 aliphatic heterocycles. The summed E-state index contributed by atoms with van der Waals surface area (Å²) in [6.07, 6.45) is 1.74. The van der Waals surface area contributed by atoms with Crippen LogP contribution >= 0.6 is 0 Å². The second-order valence-electron chi connectivity index (χ2n) is 10.6. The van der Waals surface area contributed by atoms with Crippen LogP contribution in [0.2, 0.25) is 0 Å². The molecule has 3 fully saturated rings. The van der Waals surface area contributed by atoms with Crippen LogP contribution < -0.4 is 5.32 Å². The van der Waals surface area contributed by atoms with Gasteiger partial charge >= 0.3 is 12.1 Å². The standard InChI is InChI=1S/C24H32F3NO4/c1-13(29)32-21-11-15(30)10-14-4-5-16-17-6-7-19(28-12-20(31)24(25,26)27)22(17,2)9-8-18(16)23(14,21)3/h10,16-19,21,28H,4-9,11-12H2,1-3H3/t16-,17-,18-,19-,21?,22-,23-/m0/s1. The van der Waals surface area contributed by atoms with E-state index in [4.69, 9.17) is 4.74 Å². The van der Waals surface area contributed by atoms with Gasteiger partial charge in [0.1, 0.15) is 6.10 Å². The van der Waals surface area contributed by atoms with Crippen molar-refractivity contribution < 1.29 is 32.3 Å². The highest BCUT2D eigenvalue weighted by Gasteiger charge is 2.61. The maximum atomic E-state index is 12.7. The predicted octanol–water partition coefficient (Wildman–Crippen LogP) is 4.15. The Hall–Kier alpha value is -1.70. The molecule has 0 aromatic rings. The lowest BCUT2D eigenvalue weighted by atomic mass is 9.46. The Kier molecular flexibility index (Phi) is 5.83. The number of hydrogen-bond donors (Lipinski definition) is 1. The topological polar surface area (TPSA) is 72.5 Å². The fourth-order valence-corrected chi connectivity index (χ4v) is 7.60. The summed E-state index contributed by atoms with van der Waals surface area (Å²) in [5.41, 5.74) is 0.515. The van der Waals surface area contributed by atoms with E-state index < -0.39 is 24.6 Å². The van der Waals surface area contributed by atoms with Gasteiger partial charge in [0.25, 0.3) is 0 Å². The molecule has 0 saturated heterocycles. The van der Waals surface area contributed by atoms with Crippen LogP contribution in [0.5, 0.6) is 0 Å². The molecule has 32 heavy (non-hydrogen) atoms. The molecule has 8 heteroatoms. The van der Waals surface area contributed by atoms with Crippen molar-refractivity contribution in [2.75, 3.05) is 6.54 Å². The van der Waals surface area contributed by atoms with E-state index in [1.807, 2.05) is 0 Å². The lowest BCUT2D eigenvalue weighted by Crippen LogP contribution is -2.57. The summed E-state index contributed by atoms with van der Waals surface area (Å²) in [6.45, 7) is 4.98. The smallest absolute Gasteiger partial charge is 0.451 e. The van der Waals surface area contributed by atoms with Crippen molar-refractivity contribution in [3.8, 4) is 0 Å². The highest BCUT2D eigenvalue weighted by Crippen LogP contribution is 2.65. The third-order valence-corrected chi connectivity index (χ3v) is 9.17. The number of esters is 1. The maximum Gasteiger partial charge on any atom is 0.451 e. The summed E-state index contributed by atoms with van der Waals surface area (Å²) >= 11 is 0. The lowest BCUT2D eigenvalue weighted by Gasteiger charge is -2.59. The third kappa shape index (κ3) is 3.72. The van der Waals surface area contributed by atoms with Crippen LogP contribution in [0.25, 0.3) is 0 Å². The minimum absolute atomic E-state index is 0.00212. The normalized spacial score (nSPS) is 41.2. The summed E-state index contributed by atoms with van der Waals surface area (Å²) < 4.78 is 43.7. The van der Waals surface area contributed by atoms with Gasteiger partial charge in [-0.05, 0) is 67.8 Å². The number of carbonyl (C=O) groups excluding carboxylic acids is 3. The van der Waals surface area contributed by atoms with Gasteiger partial charge in [-0.3, -0.25) is 14.4 Å². The van der Waals surface area contributed by atoms with Crippen molar-refractivity contribution in [2.45, 2.75) is 84.0 Å². The fourth-order valence-electron chi connectivity index (χ4n) is 7.60. The number of fused-ring (bicyclic) bond motifs is 5. The molecule has 178 valence electrons. The number of ether oxygens (including phenoxy) is 1. The average Bonchev–Trinajstić information content (AvgIpc) is 3.02. The van der Waals surface area contributed by atoms with E-state index in [9.17, 15) is 27.6 Å². The van der Waals surface area contributed by atoms with Crippen LogP contribution in [-0.2, 0) is 19.1 Å². The molecule has 0 aromatic carbocycles. The molecule has 7 atom stereocenters. The van der Waals surface area contributed by atoms with Gasteiger partial charge in [-0.15, -0.1) is 0 Å². The van der Waals surface area contributed by atoms with Gasteiger partial charge in [0, 0.05) is 24.8 Å². The number of nitrogens with one attached hydrogen (secondary N) is 1. The molecule has 1 unspecified atom stereocenters. The average molecular weight is 456 g/mol. The molecule has 0 bridgehead atoms. The zero-order valence-electron chi connectivity index (χ0n) is 18.9. The van der Waals surface area contributed by atoms with Gasteiger partial charge in [0.15, 0.2) is 5.78 Å². The van der Waals surface area contributed by atoms with E-state index in [2.05, 4.69) is 19.2 Å². The number of ketones is 2. The first-order valence-corrected chi connectivity index (χ1v) is 11.6. The molecule has 4 rings (SSSR count). The molecule has 0 heterocycles. The SMILES string of the molecule is CC(=O)OC1CC(=O)C=C2CC[C@H]3[C@@H]4CC[C@H](NCC(=O)C(F)(F)F)[C@@]4(C)CC[C@@H]3[C@]21C. The second kappa shape index (κ2) is 7.96. The number of carbonyl (C=O) groups is 3. The highest BCUT2D eigenvalue weighted by atomic mass is 19.4. The maximum absolute atomic E-state index is 12.7. The largest absolute Gasteiger partial charge is 0.461 e. The molecule has 4 aliphatic rings. The van der Waals surface area contributed by atoms with Crippen molar-refractivity contribution in [3.05, 3.63) is 11.6 Å². The Morgan fingerprint density at radius 1 is 1.16 bits per heavy atom. The summed E-state index contributed by atoms with van der Waals surface area (Å²) in [7, 11) is 0. The van der Waals surface area contributed by atoms with Gasteiger partial charge in [-0.1, -0.05) is 19.4 Å². The molecule has 0 spiro atoms. The third-order valence-electron chi connectivity index (χ3n) is 9.17. The zero-order chi connectivity index (χ0) is 23.5. The van der Waals surface area contributed by atoms with Crippen molar-refractivity contribution in [1.82, 2.24) is 5.32 Å². The molecule has 5 nitrogen and oxygen atoms in total. The number of halogens is 3. The molecule has 4 aliphatic carbocycles. The van der Waals surface area contributed by atoms with Gasteiger partial charge < -0.3 is 10.1 Å². The fraction of sp³-hybridized carbons (Fsp3) is 0.792. The summed E-state index contributed by atoms with van der Waals surface area (Å²) in [5.74, 6) is -1.17. The summed E-state index contributed by atoms with van der Waals surface area (Å²) in [5, 5.41) is 2.93. The molecular weight excluding hydrogens is 423 g/mol. The highest BCUT2D eigenvalue weighted by molar-refractivity contribution is 5.92. The van der Waals surface area contributed by atoms with E-state index in [1.54, 1.807) is 6.08 Å². The molecule has 0 aromatic heterocycles. The number of hydrogen-bond acceptors (Lipinski definition) is 5. The quantitative estimate of drug-likeness (QED) is 0.645. The summed E-state index contributed by atoms with van der Waals surface area (Å²) in [4.78, 5) is 35.5. The van der Waals surface area contributed by atoms with Crippen LogP contribution in [0.1, 0.15) is 65.7 Å². The Bertz CT molecular complexity index is 853. The minimum Gasteiger partial charge on any atom is -0.461 e. The first kappa shape index (κ1) is 23.5. The number of Topliss-reactive ketones (excluding diaryl/α,β-unsaturated/α-hetero) is 1. The Morgan fingerprint density at radius 2 is 1.88 bits per heavy atom. The van der Waals surface area contributed by atoms with E-state index in [-0.39, 0.29) is 41.0 Å². The second-order valence-corrected chi connectivity index (χ2v) is 10.6. The van der Waals surface area contributed by atoms with Crippen molar-refractivity contribution >= 4 is 17.5 Å². The van der Waals surface area contributed by atoms with Gasteiger partial charge in [0.2, 0.25) is 5.78 Å². The molecule has 0 amide bonds. The van der Waals surface area contributed by atoms with Crippen LogP contribution in [-0.4, -0.2) is 42.4 Å². The van der Waals surface area contributed by atoms with Gasteiger partial charge in [-0.25, -0.2) is 0 Å². The predicted molar refractivity (Wildman–Crippen MR) is 110 cm³/mol. The summed E-state index contributed by atoms with van der Waals surface area (Å²) in [6, 6.07) is -0.123. The minimum atomic E-state index is -4.81. The monoisotopic (exact) mass is 455 g/mol. The zero-order valence-corrected chi connectivity index (χ0v) is 18.9. The van der Waals surface area contributed by atoms with Crippen molar-refractivity contribution in [1.29, 1.82) is 0 Å². The molecular formula is C24H32F3NO4. The van der Waals surface area contributed by atoms with Crippen LogP contribution in [0.3, 0.4) is 0 Å². The van der Waals surface area contributed by atoms with Gasteiger partial charge in [-0.2, -0.15) is 13.2 Å². The number of alkyl halides is 3. The lowest BCUT2D eigenvalue weighted by molar-refractivity contribution is -0.170. The van der Waals surface area contributed by atoms with Gasteiger partial charge in [0.05, 0.1) is 6.54 Å². The van der Waals surface area contributed by atoms with Crippen molar-refractivity contribution in [2.24, 2.45) is 28.6 Å². The van der Waals surface area contributed by atoms with Crippen molar-refractivity contribution in [3.63, 3.8) is 0 Å². The first-order chi connectivity index (χ1) is 14.9. The van der Waals surface area contributed by atoms with E-state index in [0.29, 0.717) is 11.8 Å². The van der Waals surface area contributed by atoms with Crippen LogP contribution in [0.15, 0.2) is 11.6 Å². The Labute approximate surface area is 186 Å². The van der Waals surface area contributed by atoms with E-state index in [1.165, 1.54) is 6.92 Å². The Balaban J connectivity index is 1.56. The molecule has 3 saturated carbocycles. The van der Waals surface area contributed by atoms with E-state index in [0.717, 1.165) is 44.1 Å². The molecule has 0 radical (unpaired) electrons. The molecule has 1 N–H and O–H groups in total. The van der Waals surface area contributed by atoms with Crippen LogP contribution in [0.4, 0.5) is 13.2 Å². The number of rotatable bonds is 4. The van der Waals surface area contributed by atoms with E-state index >= 15 is 0 Å². The first-order valence-electron chi connectivity index (χ1n) is 11.6. The Morgan fingerprint density at radius 3 is 2.53 bits per heavy atom.